The van der Waals surface area contributed by atoms with E-state index < -0.39 is 0 Å². The van der Waals surface area contributed by atoms with Crippen molar-refractivity contribution in [3.05, 3.63) is 59.4 Å². The Labute approximate surface area is 121 Å². The van der Waals surface area contributed by atoms with Gasteiger partial charge in [-0.15, -0.1) is 0 Å². The molecule has 20 heavy (non-hydrogen) atoms. The Balaban J connectivity index is 2.14. The molecule has 1 aromatic carbocycles. The Bertz CT molecular complexity index is 554. The highest BCUT2D eigenvalue weighted by Gasteiger charge is 2.14. The van der Waals surface area contributed by atoms with E-state index in [1.54, 1.807) is 7.11 Å². The van der Waals surface area contributed by atoms with Gasteiger partial charge in [0.1, 0.15) is 5.75 Å². The predicted octanol–water partition coefficient (Wildman–Crippen LogP) is 3.81. The first kappa shape index (κ1) is 14.5. The largest absolute Gasteiger partial charge is 0.496 e. The minimum absolute atomic E-state index is 0.216. The minimum atomic E-state index is 0.216. The molecule has 2 rings (SSSR count). The molecule has 106 valence electrons. The SMILES string of the molecule is COc1cc(C)ccc1C(C)N[C@H](C)c1ccncc1. The number of rotatable bonds is 5. The first-order valence-electron chi connectivity index (χ1n) is 6.92. The number of aromatic nitrogens is 1. The van der Waals surface area contributed by atoms with E-state index >= 15 is 0 Å². The number of benzene rings is 1. The van der Waals surface area contributed by atoms with Crippen LogP contribution in [0.5, 0.6) is 5.75 Å². The van der Waals surface area contributed by atoms with E-state index in [1.807, 2.05) is 24.5 Å². The van der Waals surface area contributed by atoms with Gasteiger partial charge in [-0.25, -0.2) is 0 Å². The van der Waals surface area contributed by atoms with Gasteiger partial charge in [0.15, 0.2) is 0 Å². The van der Waals surface area contributed by atoms with Gasteiger partial charge in [-0.3, -0.25) is 4.98 Å². The zero-order valence-corrected chi connectivity index (χ0v) is 12.6. The normalized spacial score (nSPS) is 13.8. The van der Waals surface area contributed by atoms with Gasteiger partial charge in [-0.1, -0.05) is 12.1 Å². The fraction of sp³-hybridized carbons (Fsp3) is 0.353. The molecule has 0 fully saturated rings. The Morgan fingerprint density at radius 2 is 1.75 bits per heavy atom. The lowest BCUT2D eigenvalue weighted by molar-refractivity contribution is 0.396. The second-order valence-corrected chi connectivity index (χ2v) is 5.14. The van der Waals surface area contributed by atoms with Gasteiger partial charge in [0.25, 0.3) is 0 Å². The molecule has 0 aliphatic carbocycles. The molecule has 0 amide bonds. The molecule has 2 atom stereocenters. The summed E-state index contributed by atoms with van der Waals surface area (Å²) in [6.45, 7) is 6.39. The first-order chi connectivity index (χ1) is 9.61. The third kappa shape index (κ3) is 3.36. The molecule has 1 aromatic heterocycles. The molecule has 0 radical (unpaired) electrons. The second-order valence-electron chi connectivity index (χ2n) is 5.14. The van der Waals surface area contributed by atoms with Crippen LogP contribution in [0.1, 0.15) is 42.6 Å². The highest BCUT2D eigenvalue weighted by molar-refractivity contribution is 5.39. The fourth-order valence-electron chi connectivity index (χ4n) is 2.39. The van der Waals surface area contributed by atoms with Gasteiger partial charge in [0.05, 0.1) is 7.11 Å². The molecule has 1 N–H and O–H groups in total. The number of methoxy groups -OCH3 is 1. The summed E-state index contributed by atoms with van der Waals surface area (Å²) >= 11 is 0. The zero-order chi connectivity index (χ0) is 14.5. The van der Waals surface area contributed by atoms with Gasteiger partial charge < -0.3 is 10.1 Å². The first-order valence-corrected chi connectivity index (χ1v) is 6.92. The van der Waals surface area contributed by atoms with Crippen molar-refractivity contribution in [1.82, 2.24) is 10.3 Å². The van der Waals surface area contributed by atoms with Crippen LogP contribution in [0.15, 0.2) is 42.7 Å². The molecular weight excluding hydrogens is 248 g/mol. The van der Waals surface area contributed by atoms with Crippen molar-refractivity contribution in [1.29, 1.82) is 0 Å². The Morgan fingerprint density at radius 1 is 1.05 bits per heavy atom. The standard InChI is InChI=1S/C17H22N2O/c1-12-5-6-16(17(11-12)20-4)14(3)19-13(2)15-7-9-18-10-8-15/h5-11,13-14,19H,1-4H3/t13-,14?/m1/s1. The highest BCUT2D eigenvalue weighted by atomic mass is 16.5. The molecule has 1 heterocycles. The maximum Gasteiger partial charge on any atom is 0.123 e. The summed E-state index contributed by atoms with van der Waals surface area (Å²) in [6.07, 6.45) is 3.65. The van der Waals surface area contributed by atoms with Gasteiger partial charge in [-0.2, -0.15) is 0 Å². The smallest absolute Gasteiger partial charge is 0.123 e. The lowest BCUT2D eigenvalue weighted by atomic mass is 10.0. The molecule has 2 aromatic rings. The van der Waals surface area contributed by atoms with Crippen LogP contribution in [-0.4, -0.2) is 12.1 Å². The van der Waals surface area contributed by atoms with Gasteiger partial charge in [-0.05, 0) is 50.1 Å². The maximum atomic E-state index is 5.48. The van der Waals surface area contributed by atoms with Crippen molar-refractivity contribution >= 4 is 0 Å². The van der Waals surface area contributed by atoms with Crippen molar-refractivity contribution < 1.29 is 4.74 Å². The van der Waals surface area contributed by atoms with Crippen LogP contribution >= 0.6 is 0 Å². The van der Waals surface area contributed by atoms with E-state index in [0.29, 0.717) is 0 Å². The van der Waals surface area contributed by atoms with E-state index in [4.69, 9.17) is 4.74 Å². The van der Waals surface area contributed by atoms with Crippen molar-refractivity contribution in [2.24, 2.45) is 0 Å². The summed E-state index contributed by atoms with van der Waals surface area (Å²) in [5, 5.41) is 3.60. The molecule has 3 nitrogen and oxygen atoms in total. The molecule has 0 aliphatic rings. The quantitative estimate of drug-likeness (QED) is 0.897. The van der Waals surface area contributed by atoms with Gasteiger partial charge in [0.2, 0.25) is 0 Å². The summed E-state index contributed by atoms with van der Waals surface area (Å²) < 4.78 is 5.48. The number of aryl methyl sites for hydroxylation is 1. The number of hydrogen-bond donors (Lipinski definition) is 1. The summed E-state index contributed by atoms with van der Waals surface area (Å²) in [4.78, 5) is 4.05. The maximum absolute atomic E-state index is 5.48. The van der Waals surface area contributed by atoms with Crippen LogP contribution in [0.2, 0.25) is 0 Å². The highest BCUT2D eigenvalue weighted by Crippen LogP contribution is 2.28. The molecule has 0 saturated carbocycles. The van der Waals surface area contributed by atoms with Crippen LogP contribution < -0.4 is 10.1 Å². The van der Waals surface area contributed by atoms with Crippen molar-refractivity contribution in [2.75, 3.05) is 7.11 Å². The molecule has 3 heteroatoms. The third-order valence-electron chi connectivity index (χ3n) is 3.56. The Hall–Kier alpha value is -1.87. The van der Waals surface area contributed by atoms with E-state index in [2.05, 4.69) is 49.3 Å². The number of pyridine rings is 1. The van der Waals surface area contributed by atoms with E-state index in [0.717, 1.165) is 5.75 Å². The Kier molecular flexibility index (Phi) is 4.74. The molecular formula is C17H22N2O. The van der Waals surface area contributed by atoms with E-state index in [-0.39, 0.29) is 12.1 Å². The van der Waals surface area contributed by atoms with E-state index in [1.165, 1.54) is 16.7 Å². The van der Waals surface area contributed by atoms with Crippen LogP contribution in [0, 0.1) is 6.92 Å². The second kappa shape index (κ2) is 6.53. The fourth-order valence-corrected chi connectivity index (χ4v) is 2.39. The minimum Gasteiger partial charge on any atom is -0.496 e. The van der Waals surface area contributed by atoms with Gasteiger partial charge in [0, 0.05) is 30.0 Å². The molecule has 0 bridgehead atoms. The van der Waals surface area contributed by atoms with Crippen molar-refractivity contribution in [3.63, 3.8) is 0 Å². The summed E-state index contributed by atoms with van der Waals surface area (Å²) in [7, 11) is 1.72. The number of ether oxygens (including phenoxy) is 1. The number of nitrogens with one attached hydrogen (secondary N) is 1. The molecule has 1 unspecified atom stereocenters. The van der Waals surface area contributed by atoms with Crippen LogP contribution in [0.25, 0.3) is 0 Å². The number of hydrogen-bond acceptors (Lipinski definition) is 3. The zero-order valence-electron chi connectivity index (χ0n) is 12.6. The third-order valence-corrected chi connectivity index (χ3v) is 3.56. The summed E-state index contributed by atoms with van der Waals surface area (Å²) in [6, 6.07) is 10.9. The Morgan fingerprint density at radius 3 is 2.40 bits per heavy atom. The van der Waals surface area contributed by atoms with Crippen LogP contribution in [0.3, 0.4) is 0 Å². The lowest BCUT2D eigenvalue weighted by Gasteiger charge is -2.22. The van der Waals surface area contributed by atoms with Crippen molar-refractivity contribution in [3.8, 4) is 5.75 Å². The average molecular weight is 270 g/mol. The summed E-state index contributed by atoms with van der Waals surface area (Å²) in [5.41, 5.74) is 3.62. The lowest BCUT2D eigenvalue weighted by Crippen LogP contribution is -2.23. The average Bonchev–Trinajstić information content (AvgIpc) is 2.47. The molecule has 0 saturated heterocycles. The monoisotopic (exact) mass is 270 g/mol. The van der Waals surface area contributed by atoms with Crippen LogP contribution in [0.4, 0.5) is 0 Å². The predicted molar refractivity (Wildman–Crippen MR) is 81.9 cm³/mol. The van der Waals surface area contributed by atoms with Crippen LogP contribution in [-0.2, 0) is 0 Å². The number of nitrogens with zero attached hydrogens (tertiary/aromatic N) is 1. The topological polar surface area (TPSA) is 34.1 Å². The van der Waals surface area contributed by atoms with Gasteiger partial charge >= 0.3 is 0 Å². The van der Waals surface area contributed by atoms with Crippen molar-refractivity contribution in [2.45, 2.75) is 32.9 Å². The molecule has 0 aliphatic heterocycles. The summed E-state index contributed by atoms with van der Waals surface area (Å²) in [5.74, 6) is 0.937. The molecule has 0 spiro atoms. The van der Waals surface area contributed by atoms with E-state index in [9.17, 15) is 0 Å².